The zero-order chi connectivity index (χ0) is 16.2. The van der Waals surface area contributed by atoms with Crippen LogP contribution < -0.4 is 5.32 Å². The van der Waals surface area contributed by atoms with Gasteiger partial charge in [0.25, 0.3) is 0 Å². The number of nitrogens with zero attached hydrogens (tertiary/aromatic N) is 2. The van der Waals surface area contributed by atoms with Gasteiger partial charge in [0.1, 0.15) is 5.82 Å². The molecule has 1 atom stereocenters. The monoisotopic (exact) mass is 393 g/mol. The van der Waals surface area contributed by atoms with Crippen molar-refractivity contribution < 1.29 is 4.79 Å². The van der Waals surface area contributed by atoms with E-state index < -0.39 is 0 Å². The number of aryl methyl sites for hydroxylation is 1. The zero-order valence-electron chi connectivity index (χ0n) is 13.1. The summed E-state index contributed by atoms with van der Waals surface area (Å²) in [6.07, 6.45) is 3.71. The van der Waals surface area contributed by atoms with Gasteiger partial charge in [0.2, 0.25) is 5.91 Å². The number of hydrogen-bond donors (Lipinski definition) is 1. The Kier molecular flexibility index (Phi) is 5.46. The fourth-order valence-corrected chi connectivity index (χ4v) is 4.41. The highest BCUT2D eigenvalue weighted by atomic mass is 79.9. The summed E-state index contributed by atoms with van der Waals surface area (Å²) in [6.45, 7) is 4.73. The third kappa shape index (κ3) is 4.19. The Morgan fingerprint density at radius 3 is 3.13 bits per heavy atom. The van der Waals surface area contributed by atoms with Crippen molar-refractivity contribution in [3.8, 4) is 0 Å². The first-order valence-corrected chi connectivity index (χ1v) is 9.47. The lowest BCUT2D eigenvalue weighted by molar-refractivity contribution is -0.121. The molecule has 1 saturated heterocycles. The van der Waals surface area contributed by atoms with Crippen molar-refractivity contribution in [3.05, 3.63) is 44.7 Å². The second-order valence-electron chi connectivity index (χ2n) is 5.92. The summed E-state index contributed by atoms with van der Waals surface area (Å²) in [6, 6.07) is 5.92. The van der Waals surface area contributed by atoms with E-state index in [0.29, 0.717) is 5.82 Å². The summed E-state index contributed by atoms with van der Waals surface area (Å²) in [5, 5.41) is 5.08. The minimum atomic E-state index is 0.0314. The van der Waals surface area contributed by atoms with Crippen LogP contribution in [0.2, 0.25) is 0 Å². The predicted molar refractivity (Wildman–Crippen MR) is 97.6 cm³/mol. The van der Waals surface area contributed by atoms with Crippen LogP contribution in [0.15, 0.2) is 34.2 Å². The first kappa shape index (κ1) is 16.6. The van der Waals surface area contributed by atoms with Gasteiger partial charge >= 0.3 is 0 Å². The van der Waals surface area contributed by atoms with Crippen LogP contribution in [0.1, 0.15) is 23.3 Å². The van der Waals surface area contributed by atoms with Crippen molar-refractivity contribution in [3.63, 3.8) is 0 Å². The highest BCUT2D eigenvalue weighted by molar-refractivity contribution is 9.10. The Balaban J connectivity index is 1.60. The molecule has 1 amide bonds. The molecule has 3 heterocycles. The van der Waals surface area contributed by atoms with E-state index in [1.165, 1.54) is 4.88 Å². The highest BCUT2D eigenvalue weighted by Gasteiger charge is 2.26. The van der Waals surface area contributed by atoms with E-state index in [2.05, 4.69) is 42.6 Å². The van der Waals surface area contributed by atoms with Crippen molar-refractivity contribution in [1.29, 1.82) is 0 Å². The number of carbonyl (C=O) groups is 1. The van der Waals surface area contributed by atoms with Gasteiger partial charge in [-0.15, -0.1) is 11.3 Å². The first-order valence-electron chi connectivity index (χ1n) is 7.80. The van der Waals surface area contributed by atoms with Gasteiger partial charge in [0.05, 0.1) is 5.92 Å². The molecule has 1 unspecified atom stereocenters. The topological polar surface area (TPSA) is 45.2 Å². The van der Waals surface area contributed by atoms with Crippen molar-refractivity contribution in [2.45, 2.75) is 26.3 Å². The van der Waals surface area contributed by atoms with Gasteiger partial charge in [-0.1, -0.05) is 6.07 Å². The molecule has 2 aromatic rings. The standard InChI is InChI=1S/C17H20BrN3OS/c1-12-4-2-7-19-16(12)20-17(22)13-5-3-8-21(10-13)11-15-14(18)6-9-23-15/h2,4,6-7,9,13H,3,5,8,10-11H2,1H3,(H,19,20,22). The van der Waals surface area contributed by atoms with E-state index in [1.807, 2.05) is 19.1 Å². The molecule has 0 saturated carbocycles. The van der Waals surface area contributed by atoms with Crippen LogP contribution in [0.5, 0.6) is 0 Å². The minimum Gasteiger partial charge on any atom is -0.310 e. The summed E-state index contributed by atoms with van der Waals surface area (Å²) in [4.78, 5) is 20.5. The molecule has 0 bridgehead atoms. The molecule has 1 aliphatic rings. The summed E-state index contributed by atoms with van der Waals surface area (Å²) in [5.41, 5.74) is 0.996. The Morgan fingerprint density at radius 1 is 1.52 bits per heavy atom. The average Bonchev–Trinajstić information content (AvgIpc) is 2.95. The molecule has 0 spiro atoms. The number of rotatable bonds is 4. The number of pyridine rings is 1. The van der Waals surface area contributed by atoms with E-state index in [4.69, 9.17) is 0 Å². The molecule has 0 aromatic carbocycles. The summed E-state index contributed by atoms with van der Waals surface area (Å²) in [5.74, 6) is 0.793. The third-order valence-corrected chi connectivity index (χ3v) is 6.10. The quantitative estimate of drug-likeness (QED) is 0.851. The molecule has 23 heavy (non-hydrogen) atoms. The third-order valence-electron chi connectivity index (χ3n) is 4.19. The SMILES string of the molecule is Cc1cccnc1NC(=O)C1CCCN(Cc2sccc2Br)C1. The fraction of sp³-hybridized carbons (Fsp3) is 0.412. The Morgan fingerprint density at radius 2 is 2.39 bits per heavy atom. The number of piperidine rings is 1. The maximum atomic E-state index is 12.6. The van der Waals surface area contributed by atoms with E-state index in [1.54, 1.807) is 17.5 Å². The van der Waals surface area contributed by atoms with Crippen LogP contribution in [0, 0.1) is 12.8 Å². The molecular weight excluding hydrogens is 374 g/mol. The number of halogens is 1. The van der Waals surface area contributed by atoms with E-state index in [-0.39, 0.29) is 11.8 Å². The molecule has 0 aliphatic carbocycles. The molecule has 3 rings (SSSR count). The highest BCUT2D eigenvalue weighted by Crippen LogP contribution is 2.27. The van der Waals surface area contributed by atoms with Gasteiger partial charge < -0.3 is 5.32 Å². The van der Waals surface area contributed by atoms with Crippen LogP contribution in [0.3, 0.4) is 0 Å². The Hall–Kier alpha value is -1.24. The van der Waals surface area contributed by atoms with Crippen LogP contribution in [-0.2, 0) is 11.3 Å². The molecule has 1 N–H and O–H groups in total. The lowest BCUT2D eigenvalue weighted by Gasteiger charge is -2.31. The Bertz CT molecular complexity index is 688. The summed E-state index contributed by atoms with van der Waals surface area (Å²) >= 11 is 5.34. The molecule has 4 nitrogen and oxygen atoms in total. The largest absolute Gasteiger partial charge is 0.310 e. The van der Waals surface area contributed by atoms with Gasteiger partial charge in [-0.2, -0.15) is 0 Å². The molecule has 6 heteroatoms. The van der Waals surface area contributed by atoms with E-state index in [9.17, 15) is 4.79 Å². The molecule has 1 fully saturated rings. The van der Waals surface area contributed by atoms with Crippen LogP contribution >= 0.6 is 27.3 Å². The van der Waals surface area contributed by atoms with E-state index >= 15 is 0 Å². The molecule has 0 radical (unpaired) electrons. The number of likely N-dealkylation sites (tertiary alicyclic amines) is 1. The molecule has 1 aliphatic heterocycles. The molecule has 122 valence electrons. The first-order chi connectivity index (χ1) is 11.1. The predicted octanol–water partition coefficient (Wildman–Crippen LogP) is 4.06. The fourth-order valence-electron chi connectivity index (χ4n) is 2.89. The molecule has 2 aromatic heterocycles. The van der Waals surface area contributed by atoms with E-state index in [0.717, 1.165) is 42.5 Å². The van der Waals surface area contributed by atoms with Gasteiger partial charge in [0.15, 0.2) is 0 Å². The smallest absolute Gasteiger partial charge is 0.229 e. The number of hydrogen-bond acceptors (Lipinski definition) is 4. The van der Waals surface area contributed by atoms with Crippen molar-refractivity contribution in [2.24, 2.45) is 5.92 Å². The number of nitrogens with one attached hydrogen (secondary N) is 1. The lowest BCUT2D eigenvalue weighted by atomic mass is 9.97. The van der Waals surface area contributed by atoms with Crippen molar-refractivity contribution in [1.82, 2.24) is 9.88 Å². The molecular formula is C17H20BrN3OS. The number of thiophene rings is 1. The van der Waals surface area contributed by atoms with Gasteiger partial charge in [-0.3, -0.25) is 9.69 Å². The number of anilines is 1. The zero-order valence-corrected chi connectivity index (χ0v) is 15.5. The minimum absolute atomic E-state index is 0.0314. The second-order valence-corrected chi connectivity index (χ2v) is 7.78. The lowest BCUT2D eigenvalue weighted by Crippen LogP contribution is -2.40. The van der Waals surface area contributed by atoms with Crippen LogP contribution in [0.25, 0.3) is 0 Å². The van der Waals surface area contributed by atoms with Crippen LogP contribution in [0.4, 0.5) is 5.82 Å². The maximum absolute atomic E-state index is 12.6. The summed E-state index contributed by atoms with van der Waals surface area (Å²) < 4.78 is 1.16. The van der Waals surface area contributed by atoms with Gasteiger partial charge in [-0.05, 0) is 65.3 Å². The number of amides is 1. The van der Waals surface area contributed by atoms with Crippen LogP contribution in [-0.4, -0.2) is 28.9 Å². The van der Waals surface area contributed by atoms with Crippen molar-refractivity contribution >= 4 is 39.0 Å². The summed E-state index contributed by atoms with van der Waals surface area (Å²) in [7, 11) is 0. The Labute approximate surface area is 149 Å². The second kappa shape index (κ2) is 7.55. The maximum Gasteiger partial charge on any atom is 0.229 e. The van der Waals surface area contributed by atoms with Gasteiger partial charge in [0, 0.05) is 28.6 Å². The average molecular weight is 394 g/mol. The number of carbonyl (C=O) groups excluding carboxylic acids is 1. The number of aromatic nitrogens is 1. The van der Waals surface area contributed by atoms with Gasteiger partial charge in [-0.25, -0.2) is 4.98 Å². The normalized spacial score (nSPS) is 18.8. The van der Waals surface area contributed by atoms with Crippen molar-refractivity contribution in [2.75, 3.05) is 18.4 Å².